The third-order valence-corrected chi connectivity index (χ3v) is 3.70. The van der Waals surface area contributed by atoms with E-state index in [-0.39, 0.29) is 5.82 Å². The van der Waals surface area contributed by atoms with Crippen molar-refractivity contribution >= 4 is 10.8 Å². The Morgan fingerprint density at radius 3 is 2.48 bits per heavy atom. The largest absolute Gasteiger partial charge is 0.497 e. The van der Waals surface area contributed by atoms with Crippen molar-refractivity contribution in [2.45, 2.75) is 6.04 Å². The molecule has 0 amide bonds. The van der Waals surface area contributed by atoms with Gasteiger partial charge in [0.2, 0.25) is 0 Å². The van der Waals surface area contributed by atoms with Crippen molar-refractivity contribution < 1.29 is 9.13 Å². The summed E-state index contributed by atoms with van der Waals surface area (Å²) in [4.78, 5) is 0. The molecule has 0 aliphatic carbocycles. The molecule has 0 bridgehead atoms. The average molecular weight is 281 g/mol. The van der Waals surface area contributed by atoms with Crippen molar-refractivity contribution in [3.63, 3.8) is 0 Å². The van der Waals surface area contributed by atoms with Gasteiger partial charge in [-0.1, -0.05) is 48.5 Å². The summed E-state index contributed by atoms with van der Waals surface area (Å²) in [6, 6.07) is 18.1. The second kappa shape index (κ2) is 5.54. The molecule has 0 aliphatic heterocycles. The molecule has 0 aliphatic rings. The molecule has 106 valence electrons. The standard InChI is InChI=1S/C18H16FNO/c1-21-13-9-10-16(17(19)11-13)18(20)15-8-4-6-12-5-2-3-7-14(12)15/h2-11,18H,20H2,1H3. The Morgan fingerprint density at radius 2 is 1.71 bits per heavy atom. The fourth-order valence-corrected chi connectivity index (χ4v) is 2.58. The molecule has 0 heterocycles. The third kappa shape index (κ3) is 2.48. The van der Waals surface area contributed by atoms with Gasteiger partial charge < -0.3 is 10.5 Å². The van der Waals surface area contributed by atoms with Crippen LogP contribution >= 0.6 is 0 Å². The Kier molecular flexibility index (Phi) is 3.59. The number of halogens is 1. The molecule has 2 nitrogen and oxygen atoms in total. The van der Waals surface area contributed by atoms with Crippen LogP contribution in [0.15, 0.2) is 60.7 Å². The minimum absolute atomic E-state index is 0.352. The second-order valence-electron chi connectivity index (χ2n) is 4.93. The summed E-state index contributed by atoms with van der Waals surface area (Å²) in [6.45, 7) is 0. The number of methoxy groups -OCH3 is 1. The second-order valence-corrected chi connectivity index (χ2v) is 4.93. The molecule has 0 spiro atoms. The zero-order valence-corrected chi connectivity index (χ0v) is 11.7. The maximum atomic E-state index is 14.2. The van der Waals surface area contributed by atoms with E-state index in [0.29, 0.717) is 11.3 Å². The predicted octanol–water partition coefficient (Wildman–Crippen LogP) is 4.04. The Morgan fingerprint density at radius 1 is 0.952 bits per heavy atom. The van der Waals surface area contributed by atoms with Gasteiger partial charge in [0, 0.05) is 11.6 Å². The van der Waals surface area contributed by atoms with Crippen molar-refractivity contribution in [3.05, 3.63) is 77.6 Å². The van der Waals surface area contributed by atoms with Crippen molar-refractivity contribution in [1.82, 2.24) is 0 Å². The van der Waals surface area contributed by atoms with Crippen LogP contribution in [0, 0.1) is 5.82 Å². The highest BCUT2D eigenvalue weighted by molar-refractivity contribution is 5.86. The molecule has 2 N–H and O–H groups in total. The summed E-state index contributed by atoms with van der Waals surface area (Å²) in [5, 5.41) is 2.14. The number of fused-ring (bicyclic) bond motifs is 1. The summed E-state index contributed by atoms with van der Waals surface area (Å²) in [5.41, 5.74) is 7.67. The van der Waals surface area contributed by atoms with E-state index in [9.17, 15) is 4.39 Å². The fourth-order valence-electron chi connectivity index (χ4n) is 2.58. The van der Waals surface area contributed by atoms with Crippen molar-refractivity contribution in [2.24, 2.45) is 5.73 Å². The first kappa shape index (κ1) is 13.6. The lowest BCUT2D eigenvalue weighted by Crippen LogP contribution is -2.14. The van der Waals surface area contributed by atoms with E-state index in [4.69, 9.17) is 10.5 Å². The van der Waals surface area contributed by atoms with Gasteiger partial charge in [-0.3, -0.25) is 0 Å². The smallest absolute Gasteiger partial charge is 0.132 e. The highest BCUT2D eigenvalue weighted by Crippen LogP contribution is 2.29. The molecule has 3 aromatic rings. The number of nitrogens with two attached hydrogens (primary N) is 1. The molecular formula is C18H16FNO. The highest BCUT2D eigenvalue weighted by atomic mass is 19.1. The first-order chi connectivity index (χ1) is 10.2. The van der Waals surface area contributed by atoms with Crippen molar-refractivity contribution in [2.75, 3.05) is 7.11 Å². The van der Waals surface area contributed by atoms with Gasteiger partial charge >= 0.3 is 0 Å². The summed E-state index contributed by atoms with van der Waals surface area (Å²) in [7, 11) is 1.51. The van der Waals surface area contributed by atoms with Crippen LogP contribution in [-0.4, -0.2) is 7.11 Å². The monoisotopic (exact) mass is 281 g/mol. The van der Waals surface area contributed by atoms with Gasteiger partial charge in [-0.15, -0.1) is 0 Å². The maximum absolute atomic E-state index is 14.2. The van der Waals surface area contributed by atoms with E-state index >= 15 is 0 Å². The first-order valence-electron chi connectivity index (χ1n) is 6.77. The van der Waals surface area contributed by atoms with Gasteiger partial charge in [-0.2, -0.15) is 0 Å². The van der Waals surface area contributed by atoms with Crippen LogP contribution < -0.4 is 10.5 Å². The molecule has 21 heavy (non-hydrogen) atoms. The molecule has 0 radical (unpaired) electrons. The molecule has 0 aromatic heterocycles. The number of rotatable bonds is 3. The molecule has 0 saturated heterocycles. The molecule has 1 atom stereocenters. The van der Waals surface area contributed by atoms with Gasteiger partial charge in [-0.25, -0.2) is 4.39 Å². The van der Waals surface area contributed by atoms with E-state index in [1.807, 2.05) is 42.5 Å². The lowest BCUT2D eigenvalue weighted by atomic mass is 9.94. The van der Waals surface area contributed by atoms with Crippen LogP contribution in [0.2, 0.25) is 0 Å². The van der Waals surface area contributed by atoms with E-state index in [1.165, 1.54) is 13.2 Å². The van der Waals surface area contributed by atoms with E-state index in [2.05, 4.69) is 0 Å². The molecule has 3 rings (SSSR count). The van der Waals surface area contributed by atoms with Gasteiger partial charge in [0.15, 0.2) is 0 Å². The molecule has 0 saturated carbocycles. The van der Waals surface area contributed by atoms with Crippen LogP contribution in [0.3, 0.4) is 0 Å². The summed E-state index contributed by atoms with van der Waals surface area (Å²) < 4.78 is 19.2. The Bertz CT molecular complexity index is 780. The van der Waals surface area contributed by atoms with Gasteiger partial charge in [-0.05, 0) is 22.4 Å². The topological polar surface area (TPSA) is 35.2 Å². The zero-order valence-electron chi connectivity index (χ0n) is 11.7. The van der Waals surface area contributed by atoms with Crippen LogP contribution in [-0.2, 0) is 0 Å². The summed E-state index contributed by atoms with van der Waals surface area (Å²) >= 11 is 0. The van der Waals surface area contributed by atoms with Gasteiger partial charge in [0.1, 0.15) is 11.6 Å². The number of benzene rings is 3. The quantitative estimate of drug-likeness (QED) is 0.786. The maximum Gasteiger partial charge on any atom is 0.132 e. The fraction of sp³-hybridized carbons (Fsp3) is 0.111. The van der Waals surface area contributed by atoms with Gasteiger partial charge in [0.25, 0.3) is 0 Å². The van der Waals surface area contributed by atoms with E-state index in [1.54, 1.807) is 12.1 Å². The van der Waals surface area contributed by atoms with Crippen molar-refractivity contribution in [3.8, 4) is 5.75 Å². The van der Waals surface area contributed by atoms with E-state index < -0.39 is 6.04 Å². The SMILES string of the molecule is COc1ccc(C(N)c2cccc3ccccc23)c(F)c1. The first-order valence-corrected chi connectivity index (χ1v) is 6.77. The normalized spacial score (nSPS) is 12.3. The molecule has 0 fully saturated rings. The van der Waals surface area contributed by atoms with Crippen LogP contribution in [0.1, 0.15) is 17.2 Å². The number of ether oxygens (including phenoxy) is 1. The Balaban J connectivity index is 2.10. The van der Waals surface area contributed by atoms with Crippen LogP contribution in [0.25, 0.3) is 10.8 Å². The minimum Gasteiger partial charge on any atom is -0.497 e. The van der Waals surface area contributed by atoms with Crippen LogP contribution in [0.5, 0.6) is 5.75 Å². The lowest BCUT2D eigenvalue weighted by Gasteiger charge is -2.16. The lowest BCUT2D eigenvalue weighted by molar-refractivity contribution is 0.410. The molecule has 3 heteroatoms. The van der Waals surface area contributed by atoms with Gasteiger partial charge in [0.05, 0.1) is 13.2 Å². The highest BCUT2D eigenvalue weighted by Gasteiger charge is 2.16. The number of hydrogen-bond donors (Lipinski definition) is 1. The molecule has 1 unspecified atom stereocenters. The molecule has 3 aromatic carbocycles. The average Bonchev–Trinajstić information content (AvgIpc) is 2.53. The minimum atomic E-state index is -0.512. The zero-order chi connectivity index (χ0) is 14.8. The Labute approximate surface area is 123 Å². The number of hydrogen-bond acceptors (Lipinski definition) is 2. The van der Waals surface area contributed by atoms with E-state index in [0.717, 1.165) is 16.3 Å². The van der Waals surface area contributed by atoms with Crippen molar-refractivity contribution in [1.29, 1.82) is 0 Å². The Hall–Kier alpha value is -2.39. The van der Waals surface area contributed by atoms with Crippen LogP contribution in [0.4, 0.5) is 4.39 Å². The summed E-state index contributed by atoms with van der Waals surface area (Å²) in [5.74, 6) is 0.135. The molecular weight excluding hydrogens is 265 g/mol. The third-order valence-electron chi connectivity index (χ3n) is 3.70. The predicted molar refractivity (Wildman–Crippen MR) is 82.9 cm³/mol. The summed E-state index contributed by atoms with van der Waals surface area (Å²) in [6.07, 6.45) is 0.